The third kappa shape index (κ3) is 19.9. The summed E-state index contributed by atoms with van der Waals surface area (Å²) in [7, 11) is 0. The number of aliphatic hydroxyl groups is 24. The SMILES string of the molecule is CC(=O)N[C@@H]1[C@@H](O)[C@H](O[C@@H]2O[C@H](CO)[C@@H](O[C@@H]3O[C@H](CO[C@H]4O[C@H](CO)[C@@H](O)[C@H](O)[C@@H]4O[C@@H]4O[C@H](CO)[C@@H](O[C@@H]5O[C@H](CO)[C@H](O)[C@H](O)[C@H]5O)[C@H](O)[C@H]4NC(C)=O)[C@@H](O)[C@H](O[C@H]4O[C@H](CO)[C@@H](O)[C@H](O)[C@@H]4O[C@@H]4O[C@H](CO)[C@@H](O)[C@H](O)[C@H]4NC(C)=O)[C@@H]3O[C@@H]3OC[C@@H](O)[C@H](O)[C@H]3O)[C@H](O)[C@H]2NC(C)=O)[C@@H](CO)O[C@H]1O. The van der Waals surface area contributed by atoms with Gasteiger partial charge in [0.1, 0.15) is 213 Å². The van der Waals surface area contributed by atoms with Crippen molar-refractivity contribution in [2.24, 2.45) is 0 Å². The molecule has 0 unspecified atom stereocenters. The molecule has 636 valence electrons. The lowest BCUT2D eigenvalue weighted by Crippen LogP contribution is -2.71. The minimum atomic E-state index is -2.53. The normalized spacial score (nSPS) is 48.9. The van der Waals surface area contributed by atoms with E-state index < -0.39 is 353 Å². The van der Waals surface area contributed by atoms with Crippen LogP contribution in [0.15, 0.2) is 0 Å². The van der Waals surface area contributed by atoms with Gasteiger partial charge in [0, 0.05) is 27.7 Å². The van der Waals surface area contributed by atoms with Crippen LogP contribution in [0.3, 0.4) is 0 Å². The van der Waals surface area contributed by atoms with Crippen molar-refractivity contribution in [2.75, 3.05) is 59.5 Å². The zero-order chi connectivity index (χ0) is 80.9. The van der Waals surface area contributed by atoms with E-state index in [4.69, 9.17) is 80.5 Å². The second-order valence-corrected chi connectivity index (χ2v) is 27.7. The number of carbonyl (C=O) groups excluding carboxylic acids is 4. The summed E-state index contributed by atoms with van der Waals surface area (Å²) in [4.78, 5) is 50.9. The minimum absolute atomic E-state index is 0.798. The van der Waals surface area contributed by atoms with Gasteiger partial charge in [0.25, 0.3) is 0 Å². The molecule has 0 bridgehead atoms. The molecule has 49 nitrogen and oxygen atoms in total. The maximum absolute atomic E-state index is 13.1. The van der Waals surface area contributed by atoms with Crippen LogP contribution in [0.5, 0.6) is 0 Å². The molecule has 0 spiro atoms. The topological polar surface area (TPSA) is 759 Å². The fourth-order valence-electron chi connectivity index (χ4n) is 14.1. The van der Waals surface area contributed by atoms with Crippen LogP contribution in [-0.2, 0) is 99.7 Å². The summed E-state index contributed by atoms with van der Waals surface area (Å²) in [6, 6.07) is -7.40. The number of amides is 4. The Bertz CT molecular complexity index is 2920. The highest BCUT2D eigenvalue weighted by molar-refractivity contribution is 5.74. The maximum Gasteiger partial charge on any atom is 0.217 e. The fourth-order valence-corrected chi connectivity index (χ4v) is 14.1. The molecule has 9 rings (SSSR count). The monoisotopic (exact) mass is 1610 g/mol. The molecule has 28 N–H and O–H groups in total. The Labute approximate surface area is 622 Å². The zero-order valence-corrected chi connectivity index (χ0v) is 59.1. The number of nitrogens with one attached hydrogen (secondary N) is 4. The third-order valence-electron chi connectivity index (χ3n) is 20.0. The van der Waals surface area contributed by atoms with E-state index in [1.165, 1.54) is 0 Å². The van der Waals surface area contributed by atoms with E-state index in [1.807, 2.05) is 0 Å². The van der Waals surface area contributed by atoms with E-state index in [0.29, 0.717) is 0 Å². The van der Waals surface area contributed by atoms with Crippen LogP contribution in [0.25, 0.3) is 0 Å². The average molecular weight is 1610 g/mol. The summed E-state index contributed by atoms with van der Waals surface area (Å²) in [5.74, 6) is -3.60. The quantitative estimate of drug-likeness (QED) is 0.0346. The van der Waals surface area contributed by atoms with Crippen molar-refractivity contribution in [1.29, 1.82) is 0 Å². The van der Waals surface area contributed by atoms with Gasteiger partial charge in [-0.2, -0.15) is 0 Å². The highest BCUT2D eigenvalue weighted by Gasteiger charge is 2.61. The molecule has 9 aliphatic heterocycles. The van der Waals surface area contributed by atoms with E-state index in [1.54, 1.807) is 0 Å². The smallest absolute Gasteiger partial charge is 0.217 e. The summed E-state index contributed by atoms with van der Waals surface area (Å²) in [5, 5.41) is 276. The lowest BCUT2D eigenvalue weighted by molar-refractivity contribution is -0.411. The molecule has 49 heteroatoms. The second-order valence-electron chi connectivity index (χ2n) is 27.7. The number of rotatable bonds is 28. The summed E-state index contributed by atoms with van der Waals surface area (Å²) in [6.07, 6.45) is -84.3. The van der Waals surface area contributed by atoms with Crippen LogP contribution in [0, 0.1) is 0 Å². The Balaban J connectivity index is 1.12. The van der Waals surface area contributed by atoms with Gasteiger partial charge in [0.2, 0.25) is 23.6 Å². The minimum Gasteiger partial charge on any atom is -0.394 e. The standard InChI is InChI=1S/C61H102N4O45/c1-14(73)62-27-38(85)46(23(9-70)96-53(27)93)104-55-29(64-16(3)75)40(87)48(25(11-72)101-55)106-61-52(110-57-44(91)31(78)18(77)12-94-57)49(107-60-51(43(90)35(82)22(8-69)100-60)109-54-28(63-15(2)74)37(84)32(79)19(5-66)97-54)36(83)26(103-61)13-95-59-50(42(89)34(81)21(7-68)99-59)108-56-30(65-17(4)76)39(86)47(24(10-71)102-56)105-58-45(92)41(88)33(80)20(6-67)98-58/h18-61,66-72,77-93H,5-13H2,1-4H3,(H,62,73)(H,63,74)(H,64,75)(H,65,76)/t18-,19-,20-,21-,22-,23-,24-,25-,26-,27-,28-,29-,30-,31+,32-,33+,34-,35-,36-,37-,38-,39-,40-,41+,42+,43+,44-,45-,46-,47-,48-,49+,50+,51+,52+,53-,54+,55+,56+,57+,58+,59+,60-,61+/m1/s1. The first-order valence-corrected chi connectivity index (χ1v) is 35.0. The Kier molecular flexibility index (Phi) is 32.3. The molecule has 9 saturated heterocycles. The van der Waals surface area contributed by atoms with Crippen LogP contribution in [-0.4, -0.2) is 476 Å². The van der Waals surface area contributed by atoms with Crippen molar-refractivity contribution in [1.82, 2.24) is 21.3 Å². The molecule has 0 aliphatic carbocycles. The molecular formula is C61H102N4O45. The van der Waals surface area contributed by atoms with Crippen molar-refractivity contribution < 1.29 is 222 Å². The molecule has 9 heterocycles. The zero-order valence-electron chi connectivity index (χ0n) is 59.1. The van der Waals surface area contributed by atoms with Crippen molar-refractivity contribution >= 4 is 23.6 Å². The first-order chi connectivity index (χ1) is 52.1. The van der Waals surface area contributed by atoms with Gasteiger partial charge in [-0.15, -0.1) is 0 Å². The molecule has 9 fully saturated rings. The summed E-state index contributed by atoms with van der Waals surface area (Å²) >= 11 is 0. The number of aliphatic hydroxyl groups excluding tert-OH is 24. The predicted molar refractivity (Wildman–Crippen MR) is 337 cm³/mol. The molecule has 0 saturated carbocycles. The number of hydrogen-bond donors (Lipinski definition) is 28. The fraction of sp³-hybridized carbons (Fsp3) is 0.934. The molecule has 110 heavy (non-hydrogen) atoms. The number of carbonyl (C=O) groups is 4. The van der Waals surface area contributed by atoms with Crippen molar-refractivity contribution in [2.45, 2.75) is 298 Å². The molecule has 44 atom stereocenters. The molecule has 0 radical (unpaired) electrons. The van der Waals surface area contributed by atoms with Crippen molar-refractivity contribution in [3.05, 3.63) is 0 Å². The molecule has 4 amide bonds. The van der Waals surface area contributed by atoms with Gasteiger partial charge < -0.3 is 224 Å². The van der Waals surface area contributed by atoms with Crippen molar-refractivity contribution in [3.8, 4) is 0 Å². The summed E-state index contributed by atoms with van der Waals surface area (Å²) < 4.78 is 102. The summed E-state index contributed by atoms with van der Waals surface area (Å²) in [5.41, 5.74) is 0. The Morgan fingerprint density at radius 2 is 0.582 bits per heavy atom. The maximum atomic E-state index is 13.1. The van der Waals surface area contributed by atoms with Crippen LogP contribution in [0.1, 0.15) is 27.7 Å². The van der Waals surface area contributed by atoms with Gasteiger partial charge in [-0.1, -0.05) is 0 Å². The van der Waals surface area contributed by atoms with Gasteiger partial charge >= 0.3 is 0 Å². The van der Waals surface area contributed by atoms with Gasteiger partial charge in [-0.3, -0.25) is 19.2 Å². The van der Waals surface area contributed by atoms with Crippen molar-refractivity contribution in [3.63, 3.8) is 0 Å². The Morgan fingerprint density at radius 3 is 1.05 bits per heavy atom. The molecule has 0 aromatic carbocycles. The molecule has 0 aromatic rings. The third-order valence-corrected chi connectivity index (χ3v) is 20.0. The molecule has 9 aliphatic rings. The highest BCUT2D eigenvalue weighted by atomic mass is 16.8. The van der Waals surface area contributed by atoms with Gasteiger partial charge in [0.15, 0.2) is 56.6 Å². The Hall–Kier alpha value is -3.76. The Morgan fingerprint density at radius 1 is 0.273 bits per heavy atom. The highest BCUT2D eigenvalue weighted by Crippen LogP contribution is 2.41. The second kappa shape index (κ2) is 39.5. The van der Waals surface area contributed by atoms with E-state index >= 15 is 0 Å². The lowest BCUT2D eigenvalue weighted by Gasteiger charge is -2.52. The molecule has 0 aromatic heterocycles. The average Bonchev–Trinajstić information content (AvgIpc) is 0.793. The first-order valence-electron chi connectivity index (χ1n) is 35.0. The largest absolute Gasteiger partial charge is 0.394 e. The van der Waals surface area contributed by atoms with E-state index in [9.17, 15) is 142 Å². The first kappa shape index (κ1) is 90.2. The van der Waals surface area contributed by atoms with Crippen LogP contribution in [0.2, 0.25) is 0 Å². The van der Waals surface area contributed by atoms with E-state index in [0.717, 1.165) is 27.7 Å². The predicted octanol–water partition coefficient (Wildman–Crippen LogP) is -19.4. The summed E-state index contributed by atoms with van der Waals surface area (Å²) in [6.45, 7) is -5.92. The van der Waals surface area contributed by atoms with Gasteiger partial charge in [-0.05, 0) is 0 Å². The van der Waals surface area contributed by atoms with Crippen LogP contribution < -0.4 is 21.3 Å². The number of hydrogen-bond acceptors (Lipinski definition) is 45. The van der Waals surface area contributed by atoms with E-state index in [2.05, 4.69) is 21.3 Å². The van der Waals surface area contributed by atoms with Crippen LogP contribution >= 0.6 is 0 Å². The van der Waals surface area contributed by atoms with Crippen LogP contribution in [0.4, 0.5) is 0 Å². The molecular weight excluding hydrogens is 1510 g/mol. The lowest BCUT2D eigenvalue weighted by atomic mass is 9.93. The number of ether oxygens (including phenoxy) is 17. The van der Waals surface area contributed by atoms with E-state index in [-0.39, 0.29) is 0 Å². The van der Waals surface area contributed by atoms with Gasteiger partial charge in [-0.25, -0.2) is 0 Å². The van der Waals surface area contributed by atoms with Gasteiger partial charge in [0.05, 0.1) is 59.5 Å².